The monoisotopic (exact) mass is 319 g/mol. The average molecular weight is 319 g/mol. The number of nitro groups is 1. The Balaban J connectivity index is 2.27. The molecule has 2 rings (SSSR count). The first-order chi connectivity index (χ1) is 11.0. The first-order valence-electron chi connectivity index (χ1n) is 6.40. The Bertz CT molecular complexity index is 715. The van der Waals surface area contributed by atoms with Gasteiger partial charge in [0, 0.05) is 6.07 Å². The predicted molar refractivity (Wildman–Crippen MR) is 79.3 cm³/mol. The fourth-order valence-corrected chi connectivity index (χ4v) is 1.77. The molecule has 0 saturated carbocycles. The van der Waals surface area contributed by atoms with E-state index in [1.54, 1.807) is 30.3 Å². The number of para-hydroxylation sites is 1. The fraction of sp³-hybridized carbons (Fsp3) is 0.133. The second-order valence-electron chi connectivity index (χ2n) is 4.20. The van der Waals surface area contributed by atoms with Crippen LogP contribution in [0, 0.1) is 10.1 Å². The van der Waals surface area contributed by atoms with E-state index in [-0.39, 0.29) is 23.0 Å². The summed E-state index contributed by atoms with van der Waals surface area (Å²) in [5.41, 5.74) is -0.451. The van der Waals surface area contributed by atoms with Crippen LogP contribution in [0.5, 0.6) is 23.0 Å². The van der Waals surface area contributed by atoms with E-state index < -0.39 is 16.8 Å². The number of nitro benzene ring substituents is 1. The lowest BCUT2D eigenvalue weighted by molar-refractivity contribution is -0.385. The van der Waals surface area contributed by atoms with Gasteiger partial charge in [-0.1, -0.05) is 18.2 Å². The number of carbonyl (C=O) groups excluding carboxylic acids is 1. The van der Waals surface area contributed by atoms with Crippen molar-refractivity contribution in [2.75, 3.05) is 14.2 Å². The molecule has 0 atom stereocenters. The van der Waals surface area contributed by atoms with Crippen LogP contribution in [0.1, 0.15) is 0 Å². The van der Waals surface area contributed by atoms with Gasteiger partial charge in [0.2, 0.25) is 5.75 Å². The first-order valence-corrected chi connectivity index (χ1v) is 6.40. The highest BCUT2D eigenvalue weighted by Gasteiger charge is 2.23. The van der Waals surface area contributed by atoms with Gasteiger partial charge in [-0.25, -0.2) is 4.79 Å². The zero-order valence-corrected chi connectivity index (χ0v) is 12.3. The predicted octanol–water partition coefficient (Wildman–Crippen LogP) is 3.19. The van der Waals surface area contributed by atoms with E-state index in [0.717, 1.165) is 6.07 Å². The molecule has 8 heteroatoms. The lowest BCUT2D eigenvalue weighted by Gasteiger charge is -2.10. The molecule has 0 spiro atoms. The maximum atomic E-state index is 11.8. The van der Waals surface area contributed by atoms with E-state index in [2.05, 4.69) is 0 Å². The van der Waals surface area contributed by atoms with Crippen molar-refractivity contribution < 1.29 is 28.7 Å². The Morgan fingerprint density at radius 1 is 0.957 bits per heavy atom. The molecule has 0 radical (unpaired) electrons. The van der Waals surface area contributed by atoms with Crippen molar-refractivity contribution in [2.45, 2.75) is 0 Å². The molecule has 0 saturated heterocycles. The molecule has 0 aliphatic carbocycles. The third-order valence-corrected chi connectivity index (χ3v) is 2.80. The smallest absolute Gasteiger partial charge is 0.493 e. The third kappa shape index (κ3) is 3.88. The summed E-state index contributed by atoms with van der Waals surface area (Å²) in [7, 11) is 2.70. The summed E-state index contributed by atoms with van der Waals surface area (Å²) in [6, 6.07) is 10.5. The number of nitrogens with zero attached hydrogens (tertiary/aromatic N) is 1. The van der Waals surface area contributed by atoms with Crippen LogP contribution in [-0.2, 0) is 0 Å². The van der Waals surface area contributed by atoms with Crippen LogP contribution in [0.25, 0.3) is 0 Å². The van der Waals surface area contributed by atoms with Gasteiger partial charge in [-0.2, -0.15) is 0 Å². The molecule has 0 heterocycles. The zero-order valence-electron chi connectivity index (χ0n) is 12.3. The van der Waals surface area contributed by atoms with Crippen LogP contribution in [0.15, 0.2) is 42.5 Å². The van der Waals surface area contributed by atoms with Crippen LogP contribution in [-0.4, -0.2) is 25.3 Å². The minimum absolute atomic E-state index is 0.142. The first kappa shape index (κ1) is 16.1. The molecule has 8 nitrogen and oxygen atoms in total. The largest absolute Gasteiger partial charge is 0.519 e. The molecular formula is C15H13NO7. The number of hydrogen-bond donors (Lipinski definition) is 0. The Labute approximate surface area is 131 Å². The second-order valence-corrected chi connectivity index (χ2v) is 4.20. The van der Waals surface area contributed by atoms with Gasteiger partial charge < -0.3 is 18.9 Å². The lowest BCUT2D eigenvalue weighted by Crippen LogP contribution is -2.14. The normalized spacial score (nSPS) is 9.83. The van der Waals surface area contributed by atoms with Gasteiger partial charge in [0.25, 0.3) is 0 Å². The van der Waals surface area contributed by atoms with E-state index in [1.165, 1.54) is 20.3 Å². The van der Waals surface area contributed by atoms with Crippen molar-refractivity contribution in [1.29, 1.82) is 0 Å². The summed E-state index contributed by atoms with van der Waals surface area (Å²) in [6.07, 6.45) is -1.11. The van der Waals surface area contributed by atoms with Crippen molar-refractivity contribution in [3.05, 3.63) is 52.6 Å². The highest BCUT2D eigenvalue weighted by atomic mass is 16.7. The molecule has 0 bridgehead atoms. The van der Waals surface area contributed by atoms with Crippen LogP contribution >= 0.6 is 0 Å². The zero-order chi connectivity index (χ0) is 16.8. The minimum Gasteiger partial charge on any atom is -0.493 e. The topological polar surface area (TPSA) is 97.1 Å². The number of benzene rings is 2. The Hall–Kier alpha value is -3.29. The van der Waals surface area contributed by atoms with Gasteiger partial charge in [-0.3, -0.25) is 10.1 Å². The van der Waals surface area contributed by atoms with E-state index in [1.807, 2.05) is 0 Å². The van der Waals surface area contributed by atoms with Crippen LogP contribution in [0.3, 0.4) is 0 Å². The molecule has 0 aliphatic heterocycles. The van der Waals surface area contributed by atoms with Crippen LogP contribution in [0.2, 0.25) is 0 Å². The lowest BCUT2D eigenvalue weighted by atomic mass is 10.2. The van der Waals surface area contributed by atoms with E-state index in [0.29, 0.717) is 0 Å². The molecule has 0 N–H and O–H groups in total. The molecule has 0 unspecified atom stereocenters. The summed E-state index contributed by atoms with van der Waals surface area (Å²) >= 11 is 0. The second kappa shape index (κ2) is 7.12. The third-order valence-electron chi connectivity index (χ3n) is 2.80. The highest BCUT2D eigenvalue weighted by Crippen LogP contribution is 2.39. The van der Waals surface area contributed by atoms with Crippen molar-refractivity contribution in [3.63, 3.8) is 0 Å². The number of hydrogen-bond acceptors (Lipinski definition) is 7. The number of rotatable bonds is 5. The fourth-order valence-electron chi connectivity index (χ4n) is 1.77. The number of methoxy groups -OCH3 is 2. The maximum absolute atomic E-state index is 11.8. The van der Waals surface area contributed by atoms with Gasteiger partial charge >= 0.3 is 11.8 Å². The molecule has 120 valence electrons. The summed E-state index contributed by atoms with van der Waals surface area (Å²) in [6.45, 7) is 0. The standard InChI is InChI=1S/C15H13NO7/c1-20-13-8-11(16(18)19)12(9-14(13)21-2)23-15(17)22-10-6-4-3-5-7-10/h3-9H,1-2H3. The molecular weight excluding hydrogens is 306 g/mol. The SMILES string of the molecule is COc1cc(OC(=O)Oc2ccccc2)c([N+](=O)[O-])cc1OC. The molecule has 0 fully saturated rings. The quantitative estimate of drug-likeness (QED) is 0.361. The van der Waals surface area contributed by atoms with Gasteiger partial charge in [0.15, 0.2) is 11.5 Å². The van der Waals surface area contributed by atoms with Crippen LogP contribution < -0.4 is 18.9 Å². The molecule has 0 amide bonds. The van der Waals surface area contributed by atoms with Crippen molar-refractivity contribution in [2.24, 2.45) is 0 Å². The van der Waals surface area contributed by atoms with E-state index in [4.69, 9.17) is 18.9 Å². The Kier molecular flexibility index (Phi) is 4.98. The summed E-state index contributed by atoms with van der Waals surface area (Å²) in [5.74, 6) is 0.262. The summed E-state index contributed by atoms with van der Waals surface area (Å²) < 4.78 is 19.9. The molecule has 2 aromatic rings. The Morgan fingerprint density at radius 2 is 1.57 bits per heavy atom. The molecule has 23 heavy (non-hydrogen) atoms. The Morgan fingerprint density at radius 3 is 2.13 bits per heavy atom. The van der Waals surface area contributed by atoms with Crippen molar-refractivity contribution in [1.82, 2.24) is 0 Å². The van der Waals surface area contributed by atoms with Gasteiger partial charge in [-0.15, -0.1) is 0 Å². The minimum atomic E-state index is -1.11. The van der Waals surface area contributed by atoms with Crippen molar-refractivity contribution >= 4 is 11.8 Å². The van der Waals surface area contributed by atoms with Crippen molar-refractivity contribution in [3.8, 4) is 23.0 Å². The average Bonchev–Trinajstić information content (AvgIpc) is 2.54. The highest BCUT2D eigenvalue weighted by molar-refractivity contribution is 5.70. The van der Waals surface area contributed by atoms with Crippen LogP contribution in [0.4, 0.5) is 10.5 Å². The van der Waals surface area contributed by atoms with Gasteiger partial charge in [0.05, 0.1) is 25.2 Å². The maximum Gasteiger partial charge on any atom is 0.519 e. The summed E-state index contributed by atoms with van der Waals surface area (Å²) in [4.78, 5) is 22.2. The summed E-state index contributed by atoms with van der Waals surface area (Å²) in [5, 5.41) is 11.1. The number of ether oxygens (including phenoxy) is 4. The van der Waals surface area contributed by atoms with Gasteiger partial charge in [-0.05, 0) is 12.1 Å². The molecule has 0 aliphatic rings. The molecule has 2 aromatic carbocycles. The molecule has 0 aromatic heterocycles. The van der Waals surface area contributed by atoms with Gasteiger partial charge in [0.1, 0.15) is 5.75 Å². The number of carbonyl (C=O) groups is 1. The van der Waals surface area contributed by atoms with E-state index >= 15 is 0 Å². The van der Waals surface area contributed by atoms with E-state index in [9.17, 15) is 14.9 Å².